The number of rotatable bonds is 5. The second-order valence-corrected chi connectivity index (χ2v) is 12.1. The minimum absolute atomic E-state index is 0. The van der Waals surface area contributed by atoms with E-state index in [0.717, 1.165) is 16.5 Å². The highest BCUT2D eigenvalue weighted by molar-refractivity contribution is 7.91. The zero-order valence-corrected chi connectivity index (χ0v) is 22.5. The second-order valence-electron chi connectivity index (χ2n) is 9.60. The summed E-state index contributed by atoms with van der Waals surface area (Å²) in [6.45, 7) is 5.36. The van der Waals surface area contributed by atoms with Crippen LogP contribution in [-0.2, 0) is 21.2 Å². The van der Waals surface area contributed by atoms with E-state index in [1.165, 1.54) is 0 Å². The fraction of sp³-hybridized carbons (Fsp3) is 0.400. The first-order valence-electron chi connectivity index (χ1n) is 11.6. The maximum atomic E-state index is 12.9. The van der Waals surface area contributed by atoms with Gasteiger partial charge in [-0.1, -0.05) is 23.7 Å². The van der Waals surface area contributed by atoms with Crippen molar-refractivity contribution in [3.63, 3.8) is 0 Å². The van der Waals surface area contributed by atoms with Crippen LogP contribution in [0.15, 0.2) is 47.5 Å². The summed E-state index contributed by atoms with van der Waals surface area (Å²) in [6.07, 6.45) is 2.95. The van der Waals surface area contributed by atoms with E-state index in [9.17, 15) is 18.0 Å². The summed E-state index contributed by atoms with van der Waals surface area (Å²) in [4.78, 5) is 33.8. The smallest absolute Gasteiger partial charge is 0.330 e. The van der Waals surface area contributed by atoms with Gasteiger partial charge >= 0.3 is 6.03 Å². The van der Waals surface area contributed by atoms with Crippen molar-refractivity contribution in [3.05, 3.63) is 59.1 Å². The van der Waals surface area contributed by atoms with E-state index in [4.69, 9.17) is 11.6 Å². The Labute approximate surface area is 221 Å². The molecule has 0 radical (unpaired) electrons. The maximum Gasteiger partial charge on any atom is 0.330 e. The molecule has 5 rings (SSSR count). The molecule has 2 aliphatic heterocycles. The van der Waals surface area contributed by atoms with Gasteiger partial charge in [-0.15, -0.1) is 12.4 Å². The summed E-state index contributed by atoms with van der Waals surface area (Å²) in [5, 5.41) is 2.23. The number of nitrogens with zero attached hydrogens (tertiary/aromatic N) is 4. The fourth-order valence-corrected chi connectivity index (χ4v) is 6.47. The Morgan fingerprint density at radius 2 is 1.78 bits per heavy atom. The minimum atomic E-state index is -3.61. The normalized spacial score (nSPS) is 17.2. The topological polar surface area (TPSA) is 92.6 Å². The lowest BCUT2D eigenvalue weighted by molar-refractivity contribution is -0.133. The largest absolute Gasteiger partial charge is 0.342 e. The molecule has 36 heavy (non-hydrogen) atoms. The van der Waals surface area contributed by atoms with Crippen LogP contribution in [0.2, 0.25) is 5.02 Å². The van der Waals surface area contributed by atoms with E-state index in [0.29, 0.717) is 43.3 Å². The van der Waals surface area contributed by atoms with Crippen LogP contribution in [0, 0.1) is 6.92 Å². The quantitative estimate of drug-likeness (QED) is 0.467. The molecule has 0 aliphatic carbocycles. The van der Waals surface area contributed by atoms with Crippen molar-refractivity contribution in [1.82, 2.24) is 19.4 Å². The molecule has 3 heterocycles. The van der Waals surface area contributed by atoms with Gasteiger partial charge in [-0.2, -0.15) is 0 Å². The van der Waals surface area contributed by atoms with Crippen LogP contribution in [0.5, 0.6) is 0 Å². The Morgan fingerprint density at radius 3 is 2.47 bits per heavy atom. The molecule has 2 aromatic carbocycles. The fourth-order valence-electron chi connectivity index (χ4n) is 5.03. The van der Waals surface area contributed by atoms with E-state index < -0.39 is 9.84 Å². The Kier molecular flexibility index (Phi) is 7.11. The van der Waals surface area contributed by atoms with Crippen molar-refractivity contribution in [2.75, 3.05) is 18.8 Å². The van der Waals surface area contributed by atoms with E-state index in [1.807, 2.05) is 11.8 Å². The summed E-state index contributed by atoms with van der Waals surface area (Å²) in [5.41, 5.74) is 0.522. The lowest BCUT2D eigenvalue weighted by Crippen LogP contribution is -2.55. The standard InChI is InChI=1S/C25H27ClN4O4S.ClH/c1-17-27-15-21-16-29(24(32)30(17)21)25(2)8-10-28(11-9-25)23(31)7-12-35(33,34)22-6-4-18-13-20(26)5-3-19(18)14-22;/h3-6,13-15H,7-12,16H2,1-2H3;1H. The number of carbonyl (C=O) groups is 2. The van der Waals surface area contributed by atoms with Gasteiger partial charge in [0.2, 0.25) is 5.91 Å². The molecule has 11 heteroatoms. The molecule has 0 N–H and O–H groups in total. The van der Waals surface area contributed by atoms with Gasteiger partial charge in [0.25, 0.3) is 0 Å². The van der Waals surface area contributed by atoms with Gasteiger partial charge in [-0.25, -0.2) is 18.2 Å². The van der Waals surface area contributed by atoms with Gasteiger partial charge in [0.05, 0.1) is 29.1 Å². The molecule has 0 atom stereocenters. The number of sulfone groups is 1. The van der Waals surface area contributed by atoms with Gasteiger partial charge in [-0.05, 0) is 61.7 Å². The second kappa shape index (κ2) is 9.68. The van der Waals surface area contributed by atoms with Gasteiger partial charge < -0.3 is 9.80 Å². The number of hydrogen-bond acceptors (Lipinski definition) is 5. The summed E-state index contributed by atoms with van der Waals surface area (Å²) in [5.74, 6) is 0.257. The predicted octanol–water partition coefficient (Wildman–Crippen LogP) is 4.45. The Morgan fingerprint density at radius 1 is 1.11 bits per heavy atom. The van der Waals surface area contributed by atoms with Crippen molar-refractivity contribution in [3.8, 4) is 0 Å². The molecule has 0 unspecified atom stereocenters. The first kappa shape index (κ1) is 26.4. The Balaban J connectivity index is 0.00000304. The summed E-state index contributed by atoms with van der Waals surface area (Å²) >= 11 is 6.01. The number of hydrogen-bond donors (Lipinski definition) is 0. The van der Waals surface area contributed by atoms with Crippen molar-refractivity contribution >= 4 is 56.6 Å². The van der Waals surface area contributed by atoms with Crippen molar-refractivity contribution in [2.45, 2.75) is 50.1 Å². The van der Waals surface area contributed by atoms with E-state index >= 15 is 0 Å². The number of amides is 2. The third-order valence-electron chi connectivity index (χ3n) is 7.32. The highest BCUT2D eigenvalue weighted by Gasteiger charge is 2.43. The van der Waals surface area contributed by atoms with Gasteiger partial charge in [-0.3, -0.25) is 9.36 Å². The molecule has 0 spiro atoms. The number of fused-ring (bicyclic) bond motifs is 2. The molecule has 1 fully saturated rings. The molecule has 1 saturated heterocycles. The van der Waals surface area contributed by atoms with Crippen molar-refractivity contribution < 1.29 is 18.0 Å². The number of aromatic nitrogens is 2. The molecular weight excluding hydrogens is 523 g/mol. The van der Waals surface area contributed by atoms with Gasteiger partial charge in [0.1, 0.15) is 5.82 Å². The Bertz CT molecular complexity index is 1450. The van der Waals surface area contributed by atoms with Gasteiger partial charge in [0, 0.05) is 30.1 Å². The van der Waals surface area contributed by atoms with Crippen LogP contribution < -0.4 is 0 Å². The summed E-state index contributed by atoms with van der Waals surface area (Å²) in [6, 6.07) is 10.1. The Hall–Kier alpha value is -2.62. The summed E-state index contributed by atoms with van der Waals surface area (Å²) in [7, 11) is -3.61. The van der Waals surface area contributed by atoms with Crippen LogP contribution in [-0.4, -0.2) is 64.1 Å². The third kappa shape index (κ3) is 4.71. The molecule has 2 aliphatic rings. The first-order valence-corrected chi connectivity index (χ1v) is 13.7. The maximum absolute atomic E-state index is 12.9. The number of piperidine rings is 1. The molecule has 1 aromatic heterocycles. The van der Waals surface area contributed by atoms with E-state index in [-0.39, 0.29) is 47.0 Å². The zero-order chi connectivity index (χ0) is 25.0. The summed E-state index contributed by atoms with van der Waals surface area (Å²) < 4.78 is 27.5. The lowest BCUT2D eigenvalue weighted by Gasteiger charge is -2.44. The molecule has 0 saturated carbocycles. The van der Waals surface area contributed by atoms with Crippen LogP contribution in [0.3, 0.4) is 0 Å². The van der Waals surface area contributed by atoms with Crippen molar-refractivity contribution in [2.24, 2.45) is 0 Å². The third-order valence-corrected chi connectivity index (χ3v) is 9.26. The number of aryl methyl sites for hydroxylation is 1. The molecule has 0 bridgehead atoms. The number of carbonyl (C=O) groups excluding carboxylic acids is 2. The minimum Gasteiger partial charge on any atom is -0.342 e. The van der Waals surface area contributed by atoms with Crippen LogP contribution >= 0.6 is 24.0 Å². The van der Waals surface area contributed by atoms with Crippen LogP contribution in [0.4, 0.5) is 4.79 Å². The van der Waals surface area contributed by atoms with Crippen LogP contribution in [0.1, 0.15) is 37.7 Å². The number of imidazole rings is 1. The zero-order valence-electron chi connectivity index (χ0n) is 20.1. The number of halogens is 2. The predicted molar refractivity (Wildman–Crippen MR) is 140 cm³/mol. The van der Waals surface area contributed by atoms with Gasteiger partial charge in [0.15, 0.2) is 9.84 Å². The average Bonchev–Trinajstić information content (AvgIpc) is 3.37. The average molecular weight is 551 g/mol. The van der Waals surface area contributed by atoms with Crippen LogP contribution in [0.25, 0.3) is 10.8 Å². The molecule has 8 nitrogen and oxygen atoms in total. The molecule has 3 aromatic rings. The SMILES string of the molecule is Cc1ncc2n1C(=O)N(C1(C)CCN(C(=O)CCS(=O)(=O)c3ccc4cc(Cl)ccc4c3)CC1)C2.Cl. The van der Waals surface area contributed by atoms with Crippen molar-refractivity contribution in [1.29, 1.82) is 0 Å². The molecule has 192 valence electrons. The highest BCUT2D eigenvalue weighted by atomic mass is 35.5. The lowest BCUT2D eigenvalue weighted by atomic mass is 9.87. The molecule has 2 amide bonds. The monoisotopic (exact) mass is 550 g/mol. The number of benzene rings is 2. The van der Waals surface area contributed by atoms with E-state index in [2.05, 4.69) is 11.9 Å². The molecular formula is C25H28Cl2N4O4S. The number of likely N-dealkylation sites (tertiary alicyclic amines) is 1. The highest BCUT2D eigenvalue weighted by Crippen LogP contribution is 2.34. The first-order chi connectivity index (χ1) is 16.6. The van der Waals surface area contributed by atoms with E-state index in [1.54, 1.807) is 52.1 Å².